The molecule has 1 unspecified atom stereocenters. The minimum Gasteiger partial charge on any atom is -0.456 e. The summed E-state index contributed by atoms with van der Waals surface area (Å²) in [7, 11) is -3.78. The molecule has 0 bridgehead atoms. The van der Waals surface area contributed by atoms with E-state index < -0.39 is 90.3 Å². The number of sulfone groups is 1. The number of nitrogens with two attached hydrogens (primary N) is 1. The van der Waals surface area contributed by atoms with E-state index in [1.165, 1.54) is 30.5 Å². The van der Waals surface area contributed by atoms with Gasteiger partial charge in [-0.1, -0.05) is 30.3 Å². The Kier molecular flexibility index (Phi) is 6.39. The van der Waals surface area contributed by atoms with Gasteiger partial charge in [0.15, 0.2) is 22.2 Å². The van der Waals surface area contributed by atoms with Gasteiger partial charge in [-0.15, -0.1) is 11.8 Å². The molecular formula is C25H30N4O8S2. The number of ether oxygens (including phenoxy) is 1. The first-order chi connectivity index (χ1) is 18.1. The molecule has 0 spiro atoms. The van der Waals surface area contributed by atoms with Gasteiger partial charge in [-0.3, -0.25) is 19.2 Å². The second-order valence-corrected chi connectivity index (χ2v) is 15.7. The minimum atomic E-state index is -3.78. The molecule has 14 heteroatoms. The monoisotopic (exact) mass is 578 g/mol. The number of esters is 1. The van der Waals surface area contributed by atoms with Crippen molar-refractivity contribution in [3.8, 4) is 0 Å². The fourth-order valence-electron chi connectivity index (χ4n) is 5.84. The number of thioether (sulfide) groups is 1. The van der Waals surface area contributed by atoms with Crippen molar-refractivity contribution in [2.24, 2.45) is 5.73 Å². The van der Waals surface area contributed by atoms with Gasteiger partial charge in [0.1, 0.15) is 34.9 Å². The fraction of sp³-hybridized carbons (Fsp3) is 0.560. The van der Waals surface area contributed by atoms with Crippen molar-refractivity contribution in [3.63, 3.8) is 0 Å². The van der Waals surface area contributed by atoms with Crippen molar-refractivity contribution in [2.45, 2.75) is 78.5 Å². The van der Waals surface area contributed by atoms with Crippen LogP contribution < -0.4 is 11.1 Å². The molecule has 5 rings (SSSR count). The first kappa shape index (κ1) is 27.6. The zero-order valence-electron chi connectivity index (χ0n) is 21.8. The molecule has 6 atom stereocenters. The van der Waals surface area contributed by atoms with Crippen LogP contribution in [0.1, 0.15) is 45.7 Å². The van der Waals surface area contributed by atoms with E-state index in [2.05, 4.69) is 5.32 Å². The molecule has 4 fully saturated rings. The molecular weight excluding hydrogens is 548 g/mol. The van der Waals surface area contributed by atoms with Crippen LogP contribution in [0.4, 0.5) is 0 Å². The number of hydrogen-bond donors (Lipinski definition) is 2. The third-order valence-corrected chi connectivity index (χ3v) is 12.4. The summed E-state index contributed by atoms with van der Waals surface area (Å²) in [5.41, 5.74) is 6.64. The fourth-order valence-corrected chi connectivity index (χ4v) is 9.61. The van der Waals surface area contributed by atoms with Crippen molar-refractivity contribution in [1.82, 2.24) is 15.1 Å². The lowest BCUT2D eigenvalue weighted by atomic mass is 9.94. The molecule has 4 saturated heterocycles. The van der Waals surface area contributed by atoms with Crippen molar-refractivity contribution >= 4 is 51.1 Å². The van der Waals surface area contributed by atoms with Crippen molar-refractivity contribution in [3.05, 3.63) is 35.9 Å². The number of nitrogens with zero attached hydrogens (tertiary/aromatic N) is 2. The number of rotatable bonds is 7. The Balaban J connectivity index is 1.24. The van der Waals surface area contributed by atoms with E-state index in [9.17, 15) is 32.4 Å². The number of Topliss-reactive ketones (excluding diaryl/α,β-unsaturated/α-hetero) is 1. The van der Waals surface area contributed by atoms with Gasteiger partial charge in [-0.05, 0) is 33.3 Å². The van der Waals surface area contributed by atoms with Crippen molar-refractivity contribution in [2.75, 3.05) is 6.61 Å². The molecule has 3 N–H and O–H groups in total. The molecule has 0 aliphatic carbocycles. The van der Waals surface area contributed by atoms with Gasteiger partial charge < -0.3 is 25.6 Å². The van der Waals surface area contributed by atoms with E-state index in [4.69, 9.17) is 10.5 Å². The molecule has 0 saturated carbocycles. The number of hydrogen-bond acceptors (Lipinski definition) is 10. The number of benzene rings is 1. The largest absolute Gasteiger partial charge is 0.456 e. The van der Waals surface area contributed by atoms with Crippen LogP contribution in [0.5, 0.6) is 0 Å². The molecule has 4 aliphatic heterocycles. The Hall–Kier alpha value is -2.97. The molecule has 0 radical (unpaired) electrons. The van der Waals surface area contributed by atoms with E-state index in [0.29, 0.717) is 5.56 Å². The molecule has 1 aromatic carbocycles. The van der Waals surface area contributed by atoms with Gasteiger partial charge in [0.05, 0.1) is 11.2 Å². The third kappa shape index (κ3) is 3.98. The van der Waals surface area contributed by atoms with Crippen molar-refractivity contribution < 1.29 is 37.1 Å². The Bertz CT molecular complexity index is 1380. The molecule has 12 nitrogen and oxygen atoms in total. The maximum Gasteiger partial charge on any atom is 0.330 e. The zero-order valence-corrected chi connectivity index (χ0v) is 23.5. The summed E-state index contributed by atoms with van der Waals surface area (Å²) in [4.78, 5) is 66.5. The maximum atomic E-state index is 13.2. The number of β-lactam (4-membered cyclic amide) rings is 2. The Morgan fingerprint density at radius 1 is 1.10 bits per heavy atom. The lowest BCUT2D eigenvalue weighted by Crippen LogP contribution is -2.71. The highest BCUT2D eigenvalue weighted by Gasteiger charge is 2.68. The molecule has 39 heavy (non-hydrogen) atoms. The van der Waals surface area contributed by atoms with Gasteiger partial charge in [0.2, 0.25) is 17.7 Å². The number of nitrogens with one attached hydrogen (secondary N) is 1. The normalized spacial score (nSPS) is 31.9. The molecule has 1 aromatic rings. The van der Waals surface area contributed by atoms with E-state index >= 15 is 0 Å². The van der Waals surface area contributed by atoms with Gasteiger partial charge >= 0.3 is 5.97 Å². The maximum absolute atomic E-state index is 13.2. The number of carbonyl (C=O) groups is 5. The summed E-state index contributed by atoms with van der Waals surface area (Å²) in [5, 5.41) is 1.10. The Morgan fingerprint density at radius 3 is 2.36 bits per heavy atom. The second kappa shape index (κ2) is 9.03. The second-order valence-electron chi connectivity index (χ2n) is 11.2. The standard InChI is InChI=1S/C25H30N4O8S2/c1-24(2)19(23(34)37-11-13(30)18-25(3,4)39(35,36)15-10-14(31)28(15)18)29-21(33)17(22(29)38-24)27-20(32)16(26)12-8-6-5-7-9-12/h5-9,15-19,22H,10-11,26H2,1-4H3,(H,27,32)/t15-,16?,17-,18+,19+,22-/m1/s1. The lowest BCUT2D eigenvalue weighted by molar-refractivity contribution is -0.166. The van der Waals surface area contributed by atoms with E-state index in [1.54, 1.807) is 44.2 Å². The quantitative estimate of drug-likeness (QED) is 0.317. The van der Waals surface area contributed by atoms with Crippen LogP contribution in [-0.2, 0) is 38.5 Å². The van der Waals surface area contributed by atoms with Gasteiger partial charge in [-0.25, -0.2) is 13.2 Å². The van der Waals surface area contributed by atoms with Gasteiger partial charge in [-0.2, -0.15) is 0 Å². The third-order valence-electron chi connectivity index (χ3n) is 8.04. The molecule has 4 aliphatic rings. The molecule has 3 amide bonds. The van der Waals surface area contributed by atoms with Crippen LogP contribution in [0.3, 0.4) is 0 Å². The van der Waals surface area contributed by atoms with Crippen LogP contribution in [0.2, 0.25) is 0 Å². The summed E-state index contributed by atoms with van der Waals surface area (Å²) in [5.74, 6) is -2.98. The lowest BCUT2D eigenvalue weighted by Gasteiger charge is -2.44. The van der Waals surface area contributed by atoms with E-state index in [1.807, 2.05) is 0 Å². The molecule has 0 aromatic heterocycles. The molecule has 4 heterocycles. The summed E-state index contributed by atoms with van der Waals surface area (Å²) in [6.45, 7) is 5.53. The predicted molar refractivity (Wildman–Crippen MR) is 139 cm³/mol. The molecule has 210 valence electrons. The van der Waals surface area contributed by atoms with Gasteiger partial charge in [0, 0.05) is 4.75 Å². The Labute approximate surface area is 229 Å². The number of ketones is 1. The highest BCUT2D eigenvalue weighted by Crippen LogP contribution is 2.51. The SMILES string of the molecule is CC1(C)S[C@@H]2[C@H](NC(=O)C(N)c3ccccc3)C(=O)N2[C@H]1C(=O)OCC(=O)[C@@H]1N2C(=O)C[C@H]2S(=O)(=O)C1(C)C. The highest BCUT2D eigenvalue weighted by atomic mass is 32.2. The van der Waals surface area contributed by atoms with Crippen molar-refractivity contribution in [1.29, 1.82) is 0 Å². The highest BCUT2D eigenvalue weighted by molar-refractivity contribution is 8.01. The average molecular weight is 579 g/mol. The minimum absolute atomic E-state index is 0.171. The first-order valence-corrected chi connectivity index (χ1v) is 14.9. The summed E-state index contributed by atoms with van der Waals surface area (Å²) < 4.78 is 28.5. The van der Waals surface area contributed by atoms with Crippen LogP contribution in [0.25, 0.3) is 0 Å². The topological polar surface area (TPSA) is 173 Å². The summed E-state index contributed by atoms with van der Waals surface area (Å²) in [6.07, 6.45) is -0.171. The first-order valence-electron chi connectivity index (χ1n) is 12.5. The van der Waals surface area contributed by atoms with Gasteiger partial charge in [0.25, 0.3) is 0 Å². The zero-order chi connectivity index (χ0) is 28.7. The average Bonchev–Trinajstić information content (AvgIpc) is 3.20. The number of carbonyl (C=O) groups excluding carboxylic acids is 5. The number of fused-ring (bicyclic) bond motifs is 2. The van der Waals surface area contributed by atoms with Crippen LogP contribution in [0, 0.1) is 0 Å². The predicted octanol–water partition coefficient (Wildman–Crippen LogP) is -0.520. The summed E-state index contributed by atoms with van der Waals surface area (Å²) >= 11 is 1.32. The summed E-state index contributed by atoms with van der Waals surface area (Å²) in [6, 6.07) is 4.56. The van der Waals surface area contributed by atoms with Crippen LogP contribution in [0.15, 0.2) is 30.3 Å². The van der Waals surface area contributed by atoms with E-state index in [0.717, 1.165) is 4.90 Å². The van der Waals surface area contributed by atoms with Crippen LogP contribution >= 0.6 is 11.8 Å². The number of amides is 3. The smallest absolute Gasteiger partial charge is 0.330 e. The Morgan fingerprint density at radius 2 is 1.74 bits per heavy atom. The van der Waals surface area contributed by atoms with Crippen LogP contribution in [-0.4, -0.2) is 92.7 Å². The van der Waals surface area contributed by atoms with E-state index in [-0.39, 0.29) is 6.42 Å².